The minimum atomic E-state index is -0.886. The Morgan fingerprint density at radius 2 is 1.79 bits per heavy atom. The third-order valence-corrected chi connectivity index (χ3v) is 8.58. The highest BCUT2D eigenvalue weighted by Gasteiger charge is 2.36. The molecular formula is C34H39N3O9S. The largest absolute Gasteiger partial charge is 0.497 e. The Bertz CT molecular complexity index is 1850. The SMILES string of the molecule is CCOc1cc(/C=c2\sc3n(c2=O)[C@H](c2cc(OC)ccc2OC)C(C(=O)OC(C)C)=C(C)N=3)ccc1OCC(=O)N1CCOCC1. The number of rotatable bonds is 11. The Morgan fingerprint density at radius 1 is 1.04 bits per heavy atom. The molecule has 0 aliphatic carbocycles. The average Bonchev–Trinajstić information content (AvgIpc) is 3.36. The first kappa shape index (κ1) is 33.7. The average molecular weight is 666 g/mol. The van der Waals surface area contributed by atoms with Crippen LogP contribution in [0.3, 0.4) is 0 Å². The molecular weight excluding hydrogens is 626 g/mol. The molecule has 47 heavy (non-hydrogen) atoms. The number of ether oxygens (including phenoxy) is 6. The lowest BCUT2D eigenvalue weighted by atomic mass is 9.94. The molecule has 2 aromatic carbocycles. The van der Waals surface area contributed by atoms with E-state index in [4.69, 9.17) is 28.4 Å². The molecule has 12 nitrogen and oxygen atoms in total. The maximum atomic E-state index is 14.2. The summed E-state index contributed by atoms with van der Waals surface area (Å²) in [7, 11) is 3.07. The molecule has 0 saturated carbocycles. The first-order chi connectivity index (χ1) is 22.6. The van der Waals surface area contributed by atoms with E-state index < -0.39 is 12.0 Å². The number of morpholine rings is 1. The fourth-order valence-corrected chi connectivity index (χ4v) is 6.45. The van der Waals surface area contributed by atoms with Gasteiger partial charge in [0, 0.05) is 18.7 Å². The Hall–Kier alpha value is -4.62. The second kappa shape index (κ2) is 14.9. The van der Waals surface area contributed by atoms with E-state index in [0.29, 0.717) is 82.1 Å². The number of nitrogens with zero attached hydrogens (tertiary/aromatic N) is 3. The second-order valence-corrected chi connectivity index (χ2v) is 12.1. The van der Waals surface area contributed by atoms with Gasteiger partial charge in [-0.05, 0) is 69.7 Å². The molecule has 13 heteroatoms. The van der Waals surface area contributed by atoms with Gasteiger partial charge < -0.3 is 33.3 Å². The molecule has 0 radical (unpaired) electrons. The van der Waals surface area contributed by atoms with Crippen molar-refractivity contribution < 1.29 is 38.0 Å². The Labute approximate surface area is 276 Å². The number of amides is 1. The van der Waals surface area contributed by atoms with Crippen molar-refractivity contribution in [2.45, 2.75) is 39.8 Å². The van der Waals surface area contributed by atoms with Crippen LogP contribution in [0.5, 0.6) is 23.0 Å². The van der Waals surface area contributed by atoms with E-state index in [-0.39, 0.29) is 29.8 Å². The van der Waals surface area contributed by atoms with Crippen molar-refractivity contribution in [3.63, 3.8) is 0 Å². The van der Waals surface area contributed by atoms with Gasteiger partial charge in [-0.3, -0.25) is 14.2 Å². The van der Waals surface area contributed by atoms with Gasteiger partial charge in [-0.2, -0.15) is 0 Å². The third kappa shape index (κ3) is 7.36. The molecule has 3 heterocycles. The van der Waals surface area contributed by atoms with Crippen molar-refractivity contribution in [2.24, 2.45) is 4.99 Å². The number of hydrogen-bond acceptors (Lipinski definition) is 11. The first-order valence-electron chi connectivity index (χ1n) is 15.4. The maximum absolute atomic E-state index is 14.2. The quantitative estimate of drug-likeness (QED) is 0.284. The van der Waals surface area contributed by atoms with E-state index in [1.54, 1.807) is 75.3 Å². The van der Waals surface area contributed by atoms with Crippen molar-refractivity contribution in [2.75, 3.05) is 53.7 Å². The van der Waals surface area contributed by atoms with Crippen molar-refractivity contribution in [3.8, 4) is 23.0 Å². The standard InChI is InChI=1S/C34H39N3O9S/c1-7-44-27-16-22(8-10-26(27)45-19-29(38)36-12-14-43-15-13-36)17-28-32(39)37-31(24-18-23(41-5)9-11-25(24)42-6)30(33(40)46-20(2)3)21(4)35-34(37)47-28/h8-11,16-18,20,31H,7,12-15,19H2,1-6H3/b28-17-/t31-/m1/s1. The van der Waals surface area contributed by atoms with Crippen LogP contribution in [-0.4, -0.2) is 81.2 Å². The Balaban J connectivity index is 1.56. The number of carbonyl (C=O) groups excluding carboxylic acids is 2. The highest BCUT2D eigenvalue weighted by atomic mass is 32.1. The summed E-state index contributed by atoms with van der Waals surface area (Å²) >= 11 is 1.20. The summed E-state index contributed by atoms with van der Waals surface area (Å²) in [4.78, 5) is 47.1. The number of thiazole rings is 1. The van der Waals surface area contributed by atoms with Crippen LogP contribution in [0, 0.1) is 0 Å². The molecule has 1 amide bonds. The summed E-state index contributed by atoms with van der Waals surface area (Å²) < 4.78 is 35.7. The van der Waals surface area contributed by atoms with E-state index in [2.05, 4.69) is 4.99 Å². The van der Waals surface area contributed by atoms with Gasteiger partial charge in [0.2, 0.25) is 0 Å². The van der Waals surface area contributed by atoms with Gasteiger partial charge in [-0.25, -0.2) is 9.79 Å². The lowest BCUT2D eigenvalue weighted by Gasteiger charge is -2.26. The van der Waals surface area contributed by atoms with Gasteiger partial charge in [-0.15, -0.1) is 0 Å². The molecule has 1 saturated heterocycles. The van der Waals surface area contributed by atoms with E-state index >= 15 is 0 Å². The van der Waals surface area contributed by atoms with Gasteiger partial charge in [0.05, 0.1) is 55.9 Å². The number of aromatic nitrogens is 1. The van der Waals surface area contributed by atoms with Crippen LogP contribution in [-0.2, 0) is 19.1 Å². The predicted octanol–water partition coefficient (Wildman–Crippen LogP) is 2.84. The van der Waals surface area contributed by atoms with Crippen LogP contribution in [0.4, 0.5) is 0 Å². The van der Waals surface area contributed by atoms with E-state index in [0.717, 1.165) is 0 Å². The molecule has 1 aromatic heterocycles. The third-order valence-electron chi connectivity index (χ3n) is 7.60. The number of esters is 1. The van der Waals surface area contributed by atoms with Crippen LogP contribution < -0.4 is 33.8 Å². The van der Waals surface area contributed by atoms with Crippen LogP contribution in [0.15, 0.2) is 57.5 Å². The second-order valence-electron chi connectivity index (χ2n) is 11.1. The van der Waals surface area contributed by atoms with Gasteiger partial charge >= 0.3 is 5.97 Å². The van der Waals surface area contributed by atoms with Crippen LogP contribution in [0.1, 0.15) is 44.9 Å². The zero-order valence-corrected chi connectivity index (χ0v) is 28.2. The number of benzene rings is 2. The van der Waals surface area contributed by atoms with Gasteiger partial charge in [0.1, 0.15) is 17.5 Å². The molecule has 0 spiro atoms. The van der Waals surface area contributed by atoms with Crippen LogP contribution >= 0.6 is 11.3 Å². The van der Waals surface area contributed by atoms with E-state index in [1.807, 2.05) is 6.92 Å². The lowest BCUT2D eigenvalue weighted by Crippen LogP contribution is -2.43. The summed E-state index contributed by atoms with van der Waals surface area (Å²) in [5, 5.41) is 0. The monoisotopic (exact) mass is 665 g/mol. The number of fused-ring (bicyclic) bond motifs is 1. The summed E-state index contributed by atoms with van der Waals surface area (Å²) in [5.74, 6) is 1.16. The fourth-order valence-electron chi connectivity index (χ4n) is 5.40. The maximum Gasteiger partial charge on any atom is 0.338 e. The number of methoxy groups -OCH3 is 2. The zero-order chi connectivity index (χ0) is 33.7. The molecule has 0 bridgehead atoms. The van der Waals surface area contributed by atoms with E-state index in [1.165, 1.54) is 23.0 Å². The molecule has 1 fully saturated rings. The summed E-state index contributed by atoms with van der Waals surface area (Å²) in [5.41, 5.74) is 1.55. The number of hydrogen-bond donors (Lipinski definition) is 0. The summed E-state index contributed by atoms with van der Waals surface area (Å²) in [6.07, 6.45) is 1.35. The van der Waals surface area contributed by atoms with Gasteiger partial charge in [0.25, 0.3) is 11.5 Å². The van der Waals surface area contributed by atoms with Crippen molar-refractivity contribution >= 4 is 29.3 Å². The highest BCUT2D eigenvalue weighted by molar-refractivity contribution is 7.07. The molecule has 250 valence electrons. The molecule has 0 unspecified atom stereocenters. The van der Waals surface area contributed by atoms with Crippen LogP contribution in [0.25, 0.3) is 6.08 Å². The Morgan fingerprint density at radius 3 is 2.47 bits per heavy atom. The van der Waals surface area contributed by atoms with Gasteiger partial charge in [-0.1, -0.05) is 17.4 Å². The van der Waals surface area contributed by atoms with Crippen LogP contribution in [0.2, 0.25) is 0 Å². The molecule has 2 aliphatic rings. The summed E-state index contributed by atoms with van der Waals surface area (Å²) in [6, 6.07) is 9.61. The van der Waals surface area contributed by atoms with E-state index in [9.17, 15) is 14.4 Å². The van der Waals surface area contributed by atoms with Crippen molar-refractivity contribution in [1.29, 1.82) is 0 Å². The topological polar surface area (TPSA) is 127 Å². The lowest BCUT2D eigenvalue weighted by molar-refractivity contribution is -0.143. The van der Waals surface area contributed by atoms with Crippen molar-refractivity contribution in [1.82, 2.24) is 9.47 Å². The fraction of sp³-hybridized carbons (Fsp3) is 0.412. The molecule has 0 N–H and O–H groups in total. The minimum Gasteiger partial charge on any atom is -0.497 e. The molecule has 2 aliphatic heterocycles. The minimum absolute atomic E-state index is 0.130. The van der Waals surface area contributed by atoms with Gasteiger partial charge in [0.15, 0.2) is 22.9 Å². The smallest absolute Gasteiger partial charge is 0.338 e. The molecule has 3 aromatic rings. The van der Waals surface area contributed by atoms with Crippen molar-refractivity contribution in [3.05, 3.63) is 78.5 Å². The number of carbonyl (C=O) groups is 2. The first-order valence-corrected chi connectivity index (χ1v) is 16.2. The zero-order valence-electron chi connectivity index (χ0n) is 27.4. The summed E-state index contributed by atoms with van der Waals surface area (Å²) in [6.45, 7) is 9.42. The normalized spacial score (nSPS) is 16.4. The highest BCUT2D eigenvalue weighted by Crippen LogP contribution is 2.38. The molecule has 5 rings (SSSR count). The number of allylic oxidation sites excluding steroid dienone is 1. The predicted molar refractivity (Wildman–Crippen MR) is 175 cm³/mol. The Kier molecular flexibility index (Phi) is 10.7. The molecule has 1 atom stereocenters.